The van der Waals surface area contributed by atoms with Gasteiger partial charge < -0.3 is 16.0 Å². The number of hydrogen-bond donors (Lipinski definition) is 3. The summed E-state index contributed by atoms with van der Waals surface area (Å²) in [6.07, 6.45) is -2.52. The van der Waals surface area contributed by atoms with Crippen LogP contribution in [0.25, 0.3) is 0 Å². The standard InChI is InChI=1S/C17H22F3N3O2/c1-16(6-8-21-9-7-16)11-23-14(24)10-22-15(25)12-2-4-13(5-3-12)17(18,19)20/h2-5,21H,6-11H2,1H3,(H,22,25)(H,23,24). The van der Waals surface area contributed by atoms with Gasteiger partial charge in [0.1, 0.15) is 0 Å². The lowest BCUT2D eigenvalue weighted by atomic mass is 9.81. The second-order valence-corrected chi connectivity index (χ2v) is 6.60. The molecule has 1 aromatic rings. The second-order valence-electron chi connectivity index (χ2n) is 6.60. The summed E-state index contributed by atoms with van der Waals surface area (Å²) in [5.41, 5.74) is -0.707. The van der Waals surface area contributed by atoms with Crippen molar-refractivity contribution in [1.82, 2.24) is 16.0 Å². The first-order chi connectivity index (χ1) is 11.7. The van der Waals surface area contributed by atoms with E-state index in [0.717, 1.165) is 50.2 Å². The molecule has 8 heteroatoms. The number of piperidine rings is 1. The summed E-state index contributed by atoms with van der Waals surface area (Å²) in [5.74, 6) is -0.906. The Morgan fingerprint density at radius 1 is 1.12 bits per heavy atom. The molecule has 25 heavy (non-hydrogen) atoms. The fourth-order valence-electron chi connectivity index (χ4n) is 2.65. The smallest absolute Gasteiger partial charge is 0.354 e. The topological polar surface area (TPSA) is 70.2 Å². The molecule has 1 aliphatic rings. The third kappa shape index (κ3) is 5.74. The minimum absolute atomic E-state index is 0.0400. The number of alkyl halides is 3. The van der Waals surface area contributed by atoms with E-state index in [1.807, 2.05) is 0 Å². The Morgan fingerprint density at radius 3 is 2.28 bits per heavy atom. The third-order valence-corrected chi connectivity index (χ3v) is 4.41. The highest BCUT2D eigenvalue weighted by Crippen LogP contribution is 2.29. The van der Waals surface area contributed by atoms with Crippen LogP contribution < -0.4 is 16.0 Å². The first-order valence-corrected chi connectivity index (χ1v) is 8.12. The minimum Gasteiger partial charge on any atom is -0.354 e. The van der Waals surface area contributed by atoms with Crippen molar-refractivity contribution in [3.8, 4) is 0 Å². The zero-order valence-corrected chi connectivity index (χ0v) is 14.0. The number of carbonyl (C=O) groups is 2. The first kappa shape index (κ1) is 19.2. The summed E-state index contributed by atoms with van der Waals surface area (Å²) in [6.45, 7) is 4.25. The van der Waals surface area contributed by atoms with E-state index >= 15 is 0 Å². The molecule has 138 valence electrons. The van der Waals surface area contributed by atoms with Crippen molar-refractivity contribution >= 4 is 11.8 Å². The Bertz CT molecular complexity index is 609. The molecule has 3 N–H and O–H groups in total. The van der Waals surface area contributed by atoms with E-state index in [9.17, 15) is 22.8 Å². The van der Waals surface area contributed by atoms with Gasteiger partial charge >= 0.3 is 6.18 Å². The van der Waals surface area contributed by atoms with Crippen LogP contribution in [0, 0.1) is 5.41 Å². The highest BCUT2D eigenvalue weighted by atomic mass is 19.4. The van der Waals surface area contributed by atoms with Crippen LogP contribution in [0.4, 0.5) is 13.2 Å². The predicted octanol–water partition coefficient (Wildman–Crippen LogP) is 1.94. The van der Waals surface area contributed by atoms with Gasteiger partial charge in [-0.1, -0.05) is 6.92 Å². The molecule has 0 aromatic heterocycles. The summed E-state index contributed by atoms with van der Waals surface area (Å²) in [5, 5.41) is 8.47. The van der Waals surface area contributed by atoms with Gasteiger partial charge in [-0.25, -0.2) is 0 Å². The van der Waals surface area contributed by atoms with Gasteiger partial charge in [0.05, 0.1) is 12.1 Å². The maximum atomic E-state index is 12.5. The van der Waals surface area contributed by atoms with Crippen molar-refractivity contribution in [2.24, 2.45) is 5.41 Å². The molecular formula is C17H22F3N3O2. The van der Waals surface area contributed by atoms with Crippen LogP contribution in [-0.2, 0) is 11.0 Å². The monoisotopic (exact) mass is 357 g/mol. The Balaban J connectivity index is 1.78. The van der Waals surface area contributed by atoms with E-state index in [-0.39, 0.29) is 23.4 Å². The number of rotatable bonds is 5. The van der Waals surface area contributed by atoms with Crippen LogP contribution in [0.2, 0.25) is 0 Å². The normalized spacial score (nSPS) is 17.0. The second kappa shape index (κ2) is 7.86. The molecule has 2 amide bonds. The molecule has 0 bridgehead atoms. The number of carbonyl (C=O) groups excluding carboxylic acids is 2. The summed E-state index contributed by atoms with van der Waals surface area (Å²) in [4.78, 5) is 23.8. The van der Waals surface area contributed by atoms with Crippen LogP contribution in [0.1, 0.15) is 35.7 Å². The Hall–Kier alpha value is -2.09. The fourth-order valence-corrected chi connectivity index (χ4v) is 2.65. The quantitative estimate of drug-likeness (QED) is 0.754. The number of nitrogens with one attached hydrogen (secondary N) is 3. The molecule has 1 aromatic carbocycles. The third-order valence-electron chi connectivity index (χ3n) is 4.41. The Kier molecular flexibility index (Phi) is 6.05. The molecule has 0 spiro atoms. The van der Waals surface area contributed by atoms with E-state index in [4.69, 9.17) is 0 Å². The molecule has 2 rings (SSSR count). The summed E-state index contributed by atoms with van der Waals surface area (Å²) in [7, 11) is 0. The summed E-state index contributed by atoms with van der Waals surface area (Å²) >= 11 is 0. The van der Waals surface area contributed by atoms with Gasteiger partial charge in [0.15, 0.2) is 0 Å². The van der Waals surface area contributed by atoms with Crippen LogP contribution in [0.15, 0.2) is 24.3 Å². The lowest BCUT2D eigenvalue weighted by Crippen LogP contribution is -2.45. The Morgan fingerprint density at radius 2 is 1.72 bits per heavy atom. The van der Waals surface area contributed by atoms with E-state index in [1.54, 1.807) is 0 Å². The van der Waals surface area contributed by atoms with Crippen molar-refractivity contribution in [3.05, 3.63) is 35.4 Å². The zero-order valence-electron chi connectivity index (χ0n) is 14.0. The van der Waals surface area contributed by atoms with Gasteiger partial charge in [0.2, 0.25) is 5.91 Å². The van der Waals surface area contributed by atoms with Crippen LogP contribution in [0.3, 0.4) is 0 Å². The molecule has 0 radical (unpaired) electrons. The molecule has 1 fully saturated rings. The first-order valence-electron chi connectivity index (χ1n) is 8.12. The number of hydrogen-bond acceptors (Lipinski definition) is 3. The van der Waals surface area contributed by atoms with E-state index in [1.165, 1.54) is 0 Å². The largest absolute Gasteiger partial charge is 0.416 e. The van der Waals surface area contributed by atoms with Crippen molar-refractivity contribution in [1.29, 1.82) is 0 Å². The molecule has 0 aliphatic carbocycles. The van der Waals surface area contributed by atoms with Gasteiger partial charge in [-0.2, -0.15) is 13.2 Å². The number of halogens is 3. The van der Waals surface area contributed by atoms with Gasteiger partial charge in [0.25, 0.3) is 5.91 Å². The predicted molar refractivity (Wildman–Crippen MR) is 87.0 cm³/mol. The molecule has 0 atom stereocenters. The zero-order chi connectivity index (χ0) is 18.5. The molecule has 5 nitrogen and oxygen atoms in total. The average Bonchev–Trinajstić information content (AvgIpc) is 2.58. The van der Waals surface area contributed by atoms with E-state index < -0.39 is 17.6 Å². The van der Waals surface area contributed by atoms with Gasteiger partial charge in [0, 0.05) is 12.1 Å². The van der Waals surface area contributed by atoms with Crippen LogP contribution >= 0.6 is 0 Å². The number of amides is 2. The summed E-state index contributed by atoms with van der Waals surface area (Å²) in [6, 6.07) is 3.86. The Labute approximate surface area is 144 Å². The molecule has 1 aliphatic heterocycles. The molecule has 1 heterocycles. The van der Waals surface area contributed by atoms with Crippen molar-refractivity contribution in [3.63, 3.8) is 0 Å². The highest BCUT2D eigenvalue weighted by Gasteiger charge is 2.30. The van der Waals surface area contributed by atoms with Crippen LogP contribution in [0.5, 0.6) is 0 Å². The number of benzene rings is 1. The maximum absolute atomic E-state index is 12.5. The van der Waals surface area contributed by atoms with Crippen molar-refractivity contribution < 1.29 is 22.8 Å². The summed E-state index contributed by atoms with van der Waals surface area (Å²) < 4.78 is 37.5. The highest BCUT2D eigenvalue weighted by molar-refractivity contribution is 5.96. The van der Waals surface area contributed by atoms with Gasteiger partial charge in [-0.15, -0.1) is 0 Å². The SMILES string of the molecule is CC1(CNC(=O)CNC(=O)c2ccc(C(F)(F)F)cc2)CCNCC1. The molecule has 0 unspecified atom stereocenters. The van der Waals surface area contributed by atoms with E-state index in [0.29, 0.717) is 6.54 Å². The molecular weight excluding hydrogens is 335 g/mol. The lowest BCUT2D eigenvalue weighted by Gasteiger charge is -2.34. The van der Waals surface area contributed by atoms with Gasteiger partial charge in [-0.3, -0.25) is 9.59 Å². The average molecular weight is 357 g/mol. The lowest BCUT2D eigenvalue weighted by molar-refractivity contribution is -0.137. The van der Waals surface area contributed by atoms with Gasteiger partial charge in [-0.05, 0) is 55.6 Å². The maximum Gasteiger partial charge on any atom is 0.416 e. The molecule has 0 saturated carbocycles. The van der Waals surface area contributed by atoms with Crippen LogP contribution in [-0.4, -0.2) is 38.0 Å². The minimum atomic E-state index is -4.44. The van der Waals surface area contributed by atoms with Crippen molar-refractivity contribution in [2.75, 3.05) is 26.2 Å². The van der Waals surface area contributed by atoms with E-state index in [2.05, 4.69) is 22.9 Å². The molecule has 1 saturated heterocycles. The van der Waals surface area contributed by atoms with Crippen molar-refractivity contribution in [2.45, 2.75) is 25.9 Å². The fraction of sp³-hybridized carbons (Fsp3) is 0.529.